The second-order valence-electron chi connectivity index (χ2n) is 2.59. The average molecular weight is 267 g/mol. The number of benzene rings is 1. The number of hydrogen-bond donors (Lipinski definition) is 0. The molecular formula is C7H6ClNO6P-. The van der Waals surface area contributed by atoms with E-state index < -0.39 is 12.7 Å². The van der Waals surface area contributed by atoms with Gasteiger partial charge in [0.1, 0.15) is 5.75 Å². The number of nitro benzene ring substituents is 1. The third-order valence-electron chi connectivity index (χ3n) is 1.56. The van der Waals surface area contributed by atoms with Crippen molar-refractivity contribution in [1.29, 1.82) is 0 Å². The molecule has 1 aromatic carbocycles. The molecule has 0 aliphatic heterocycles. The molecule has 0 fully saturated rings. The fraction of sp³-hybridized carbons (Fsp3) is 0.143. The Morgan fingerprint density at radius 2 is 2.12 bits per heavy atom. The van der Waals surface area contributed by atoms with Crippen molar-refractivity contribution >= 4 is 25.1 Å². The SMILES string of the molecule is COP(=O)([O-])Oc1ccc([N+](=O)[O-])cc1Cl. The van der Waals surface area contributed by atoms with Gasteiger partial charge in [-0.1, -0.05) is 11.6 Å². The molecule has 0 N–H and O–H groups in total. The number of phosphoric ester groups is 1. The molecule has 0 spiro atoms. The van der Waals surface area contributed by atoms with Crippen LogP contribution in [0.2, 0.25) is 5.02 Å². The maximum atomic E-state index is 10.9. The Labute approximate surface area is 95.3 Å². The largest absolute Gasteiger partial charge is 0.746 e. The van der Waals surface area contributed by atoms with Crippen LogP contribution in [-0.2, 0) is 9.09 Å². The summed E-state index contributed by atoms with van der Waals surface area (Å²) < 4.78 is 19.4. The molecule has 0 saturated heterocycles. The van der Waals surface area contributed by atoms with E-state index in [2.05, 4.69) is 9.05 Å². The van der Waals surface area contributed by atoms with Gasteiger partial charge in [0.25, 0.3) is 5.69 Å². The van der Waals surface area contributed by atoms with E-state index in [-0.39, 0.29) is 16.5 Å². The van der Waals surface area contributed by atoms with E-state index in [9.17, 15) is 19.6 Å². The predicted octanol–water partition coefficient (Wildman–Crippen LogP) is 1.74. The molecule has 1 atom stereocenters. The van der Waals surface area contributed by atoms with E-state index in [0.29, 0.717) is 0 Å². The lowest BCUT2D eigenvalue weighted by Crippen LogP contribution is -2.08. The van der Waals surface area contributed by atoms with E-state index in [0.717, 1.165) is 25.3 Å². The summed E-state index contributed by atoms with van der Waals surface area (Å²) in [4.78, 5) is 20.6. The van der Waals surface area contributed by atoms with Crippen LogP contribution in [0.15, 0.2) is 18.2 Å². The lowest BCUT2D eigenvalue weighted by atomic mass is 10.3. The van der Waals surface area contributed by atoms with Crippen LogP contribution in [0.25, 0.3) is 0 Å². The zero-order chi connectivity index (χ0) is 12.3. The standard InChI is InChI=1S/C7H7ClNO6P/c1-14-16(12,13)15-7-3-2-5(9(10)11)4-6(7)8/h2-4H,1H3,(H,12,13)/p-1. The highest BCUT2D eigenvalue weighted by Gasteiger charge is 2.14. The number of rotatable bonds is 4. The smallest absolute Gasteiger partial charge is 0.319 e. The number of phosphoric acid groups is 1. The van der Waals surface area contributed by atoms with Crippen molar-refractivity contribution < 1.29 is 23.4 Å². The molecule has 0 bridgehead atoms. The summed E-state index contributed by atoms with van der Waals surface area (Å²) >= 11 is 5.59. The summed E-state index contributed by atoms with van der Waals surface area (Å²) in [6.45, 7) is 0. The predicted molar refractivity (Wildman–Crippen MR) is 53.3 cm³/mol. The first kappa shape index (κ1) is 12.9. The van der Waals surface area contributed by atoms with Crippen LogP contribution in [0.3, 0.4) is 0 Å². The van der Waals surface area contributed by atoms with Crippen LogP contribution in [-0.4, -0.2) is 12.0 Å². The Morgan fingerprint density at radius 3 is 2.56 bits per heavy atom. The fourth-order valence-corrected chi connectivity index (χ4v) is 1.58. The van der Waals surface area contributed by atoms with Crippen LogP contribution in [0.5, 0.6) is 5.75 Å². The van der Waals surface area contributed by atoms with Gasteiger partial charge in [0, 0.05) is 19.2 Å². The first-order valence-electron chi connectivity index (χ1n) is 3.86. The van der Waals surface area contributed by atoms with Gasteiger partial charge in [0.05, 0.1) is 9.95 Å². The summed E-state index contributed by atoms with van der Waals surface area (Å²) in [5.74, 6) is -0.229. The Bertz CT molecular complexity index is 464. The minimum absolute atomic E-state index is 0.192. The molecule has 0 radical (unpaired) electrons. The molecule has 1 aromatic rings. The third-order valence-corrected chi connectivity index (χ3v) is 2.72. The van der Waals surface area contributed by atoms with Gasteiger partial charge in [-0.2, -0.15) is 0 Å². The van der Waals surface area contributed by atoms with Crippen molar-refractivity contribution in [1.82, 2.24) is 0 Å². The van der Waals surface area contributed by atoms with Crippen molar-refractivity contribution in [2.75, 3.05) is 7.11 Å². The summed E-state index contributed by atoms with van der Waals surface area (Å²) in [6.07, 6.45) is 0. The monoisotopic (exact) mass is 266 g/mol. The fourth-order valence-electron chi connectivity index (χ4n) is 0.835. The first-order valence-corrected chi connectivity index (χ1v) is 5.70. The Balaban J connectivity index is 3.00. The highest BCUT2D eigenvalue weighted by atomic mass is 35.5. The molecule has 1 unspecified atom stereocenters. The summed E-state index contributed by atoms with van der Waals surface area (Å²) in [7, 11) is -3.54. The van der Waals surface area contributed by atoms with Gasteiger partial charge in [-0.15, -0.1) is 0 Å². The molecule has 1 rings (SSSR count). The molecular weight excluding hydrogens is 261 g/mol. The van der Waals surface area contributed by atoms with Gasteiger partial charge in [-0.05, 0) is 6.07 Å². The summed E-state index contributed by atoms with van der Waals surface area (Å²) in [5.41, 5.74) is -0.268. The van der Waals surface area contributed by atoms with Crippen molar-refractivity contribution in [3.05, 3.63) is 33.3 Å². The molecule has 0 amide bonds. The maximum Gasteiger partial charge on any atom is 0.319 e. The molecule has 0 aliphatic carbocycles. The van der Waals surface area contributed by atoms with Crippen molar-refractivity contribution in [2.45, 2.75) is 0 Å². The summed E-state index contributed by atoms with van der Waals surface area (Å²) in [5, 5.41) is 10.2. The van der Waals surface area contributed by atoms with Crippen LogP contribution in [0.4, 0.5) is 5.69 Å². The minimum atomic E-state index is -4.47. The Hall–Kier alpha value is -1.14. The number of halogens is 1. The van der Waals surface area contributed by atoms with Crippen LogP contribution < -0.4 is 9.42 Å². The molecule has 9 heteroatoms. The van der Waals surface area contributed by atoms with E-state index in [4.69, 9.17) is 11.6 Å². The van der Waals surface area contributed by atoms with Crippen molar-refractivity contribution in [3.63, 3.8) is 0 Å². The highest BCUT2D eigenvalue weighted by Crippen LogP contribution is 2.42. The van der Waals surface area contributed by atoms with Gasteiger partial charge in [-0.25, -0.2) is 0 Å². The normalized spacial score (nSPS) is 14.2. The molecule has 16 heavy (non-hydrogen) atoms. The third kappa shape index (κ3) is 3.18. The molecule has 0 aromatic heterocycles. The zero-order valence-corrected chi connectivity index (χ0v) is 9.60. The number of hydrogen-bond acceptors (Lipinski definition) is 6. The van der Waals surface area contributed by atoms with E-state index in [1.807, 2.05) is 0 Å². The lowest BCUT2D eigenvalue weighted by molar-refractivity contribution is -0.384. The Kier molecular flexibility index (Phi) is 3.88. The van der Waals surface area contributed by atoms with Gasteiger partial charge >= 0.3 is 7.82 Å². The van der Waals surface area contributed by atoms with E-state index >= 15 is 0 Å². The number of nitrogens with zero attached hydrogens (tertiary/aromatic N) is 1. The van der Waals surface area contributed by atoms with Crippen LogP contribution in [0.1, 0.15) is 0 Å². The second-order valence-corrected chi connectivity index (χ2v) is 4.44. The van der Waals surface area contributed by atoms with Crippen molar-refractivity contribution in [3.8, 4) is 5.75 Å². The van der Waals surface area contributed by atoms with Crippen LogP contribution in [0, 0.1) is 10.1 Å². The zero-order valence-electron chi connectivity index (χ0n) is 7.95. The van der Waals surface area contributed by atoms with E-state index in [1.54, 1.807) is 0 Å². The molecule has 0 heterocycles. The molecule has 7 nitrogen and oxygen atoms in total. The minimum Gasteiger partial charge on any atom is -0.746 e. The number of nitro groups is 1. The highest BCUT2D eigenvalue weighted by molar-refractivity contribution is 7.46. The van der Waals surface area contributed by atoms with Gasteiger partial charge < -0.3 is 13.9 Å². The number of non-ortho nitro benzene ring substituents is 1. The van der Waals surface area contributed by atoms with Gasteiger partial charge in [0.15, 0.2) is 0 Å². The topological polar surface area (TPSA) is 102 Å². The quantitative estimate of drug-likeness (QED) is 0.467. The first-order chi connectivity index (χ1) is 7.35. The van der Waals surface area contributed by atoms with Gasteiger partial charge in [0.2, 0.25) is 0 Å². The Morgan fingerprint density at radius 1 is 1.50 bits per heavy atom. The molecule has 0 saturated carbocycles. The van der Waals surface area contributed by atoms with Crippen molar-refractivity contribution in [2.24, 2.45) is 0 Å². The second kappa shape index (κ2) is 4.80. The molecule has 88 valence electrons. The van der Waals surface area contributed by atoms with E-state index in [1.165, 1.54) is 0 Å². The van der Waals surface area contributed by atoms with Gasteiger partial charge in [-0.3, -0.25) is 14.7 Å². The average Bonchev–Trinajstić information content (AvgIpc) is 2.20. The van der Waals surface area contributed by atoms with Crippen LogP contribution >= 0.6 is 19.4 Å². The maximum absolute atomic E-state index is 10.9. The molecule has 0 aliphatic rings. The summed E-state index contributed by atoms with van der Waals surface area (Å²) in [6, 6.07) is 3.12. The lowest BCUT2D eigenvalue weighted by Gasteiger charge is -2.21.